The van der Waals surface area contributed by atoms with E-state index >= 15 is 0 Å². The largest absolute Gasteiger partial charge is 0.443 e. The topological polar surface area (TPSA) is 57.0 Å². The highest BCUT2D eigenvalue weighted by molar-refractivity contribution is 7.98. The van der Waals surface area contributed by atoms with Gasteiger partial charge in [-0.25, -0.2) is 19.3 Å². The average molecular weight is 418 g/mol. The van der Waals surface area contributed by atoms with Crippen molar-refractivity contribution >= 4 is 28.9 Å². The fraction of sp³-hybridized carbons (Fsp3) is 0.208. The van der Waals surface area contributed by atoms with Gasteiger partial charge in [0, 0.05) is 17.1 Å². The van der Waals surface area contributed by atoms with Crippen molar-refractivity contribution in [2.75, 3.05) is 6.26 Å². The second-order valence-electron chi connectivity index (χ2n) is 7.91. The van der Waals surface area contributed by atoms with E-state index in [0.717, 1.165) is 27.8 Å². The molecule has 2 heterocycles. The average Bonchev–Trinajstić information content (AvgIpc) is 3.17. The van der Waals surface area contributed by atoms with Crippen molar-refractivity contribution in [2.45, 2.75) is 31.5 Å². The van der Waals surface area contributed by atoms with Gasteiger partial charge < -0.3 is 4.74 Å². The molecule has 30 heavy (non-hydrogen) atoms. The van der Waals surface area contributed by atoms with Crippen molar-refractivity contribution in [1.29, 1.82) is 0 Å². The molecule has 0 fully saturated rings. The minimum atomic E-state index is -0.584. The summed E-state index contributed by atoms with van der Waals surface area (Å²) in [7, 11) is 0. The van der Waals surface area contributed by atoms with Crippen molar-refractivity contribution in [2.24, 2.45) is 0 Å². The lowest BCUT2D eigenvalue weighted by atomic mass is 10.0. The standard InChI is InChI=1S/C24H23N3O2S/c1-24(2,3)29-23(28)27-15-14-19-20(25-22(30-4)26-21(19)27)18-12-10-17(11-13-18)16-8-6-5-7-9-16/h5-15H,1-4H3. The molecule has 0 bridgehead atoms. The molecule has 2 aromatic carbocycles. The quantitative estimate of drug-likeness (QED) is 0.290. The molecule has 0 atom stereocenters. The zero-order valence-corrected chi connectivity index (χ0v) is 18.2. The smallest absolute Gasteiger partial charge is 0.420 e. The number of hydrogen-bond donors (Lipinski definition) is 0. The number of carbonyl (C=O) groups excluding carboxylic acids is 1. The van der Waals surface area contributed by atoms with E-state index in [1.54, 1.807) is 6.20 Å². The fourth-order valence-electron chi connectivity index (χ4n) is 3.22. The van der Waals surface area contributed by atoms with Gasteiger partial charge in [0.25, 0.3) is 0 Å². The molecule has 0 aliphatic heterocycles. The molecule has 6 heteroatoms. The molecule has 4 rings (SSSR count). The third-order valence-corrected chi connectivity index (χ3v) is 5.11. The van der Waals surface area contributed by atoms with Gasteiger partial charge >= 0.3 is 6.09 Å². The van der Waals surface area contributed by atoms with Gasteiger partial charge in [0.2, 0.25) is 0 Å². The second kappa shape index (κ2) is 7.95. The molecular weight excluding hydrogens is 394 g/mol. The predicted octanol–water partition coefficient (Wildman–Crippen LogP) is 6.27. The SMILES string of the molecule is CSc1nc(-c2ccc(-c3ccccc3)cc2)c2ccn(C(=O)OC(C)(C)C)c2n1. The normalized spacial score (nSPS) is 11.6. The van der Waals surface area contributed by atoms with E-state index in [1.807, 2.05) is 51.3 Å². The van der Waals surface area contributed by atoms with Gasteiger partial charge in [-0.3, -0.25) is 0 Å². The molecule has 0 radical (unpaired) electrons. The van der Waals surface area contributed by atoms with E-state index in [2.05, 4.69) is 41.4 Å². The van der Waals surface area contributed by atoms with Crippen LogP contribution < -0.4 is 0 Å². The molecule has 2 aromatic heterocycles. The third kappa shape index (κ3) is 4.09. The van der Waals surface area contributed by atoms with Crippen LogP contribution in [0.5, 0.6) is 0 Å². The molecule has 0 saturated carbocycles. The lowest BCUT2D eigenvalue weighted by Gasteiger charge is -2.19. The number of hydrogen-bond acceptors (Lipinski definition) is 5. The second-order valence-corrected chi connectivity index (χ2v) is 8.68. The number of rotatable bonds is 3. The molecule has 0 unspecified atom stereocenters. The van der Waals surface area contributed by atoms with Crippen LogP contribution in [0, 0.1) is 0 Å². The summed E-state index contributed by atoms with van der Waals surface area (Å²) in [5, 5.41) is 1.42. The number of thioether (sulfide) groups is 1. The molecule has 0 N–H and O–H groups in total. The Bertz CT molecular complexity index is 1190. The van der Waals surface area contributed by atoms with Crippen molar-refractivity contribution in [3.05, 3.63) is 66.9 Å². The molecule has 0 aliphatic rings. The number of benzene rings is 2. The van der Waals surface area contributed by atoms with Gasteiger partial charge in [-0.05, 0) is 44.2 Å². The van der Waals surface area contributed by atoms with Gasteiger partial charge in [0.15, 0.2) is 10.8 Å². The van der Waals surface area contributed by atoms with Crippen LogP contribution in [-0.2, 0) is 4.74 Å². The Morgan fingerprint density at radius 3 is 2.17 bits per heavy atom. The minimum absolute atomic E-state index is 0.450. The van der Waals surface area contributed by atoms with Crippen LogP contribution >= 0.6 is 11.8 Å². The third-order valence-electron chi connectivity index (χ3n) is 4.56. The lowest BCUT2D eigenvalue weighted by molar-refractivity contribution is 0.0543. The van der Waals surface area contributed by atoms with E-state index < -0.39 is 11.7 Å². The molecule has 5 nitrogen and oxygen atoms in total. The number of nitrogens with zero attached hydrogens (tertiary/aromatic N) is 3. The maximum Gasteiger partial charge on any atom is 0.420 e. The summed E-state index contributed by atoms with van der Waals surface area (Å²) in [4.78, 5) is 22.0. The summed E-state index contributed by atoms with van der Waals surface area (Å²) in [5.41, 5.74) is 4.04. The van der Waals surface area contributed by atoms with E-state index in [1.165, 1.54) is 16.3 Å². The first kappa shape index (κ1) is 20.2. The van der Waals surface area contributed by atoms with Crippen LogP contribution in [0.25, 0.3) is 33.4 Å². The van der Waals surface area contributed by atoms with Gasteiger partial charge in [0.05, 0.1) is 5.69 Å². The van der Waals surface area contributed by atoms with Crippen molar-refractivity contribution in [1.82, 2.24) is 14.5 Å². The van der Waals surface area contributed by atoms with Gasteiger partial charge in [-0.15, -0.1) is 0 Å². The Hall–Kier alpha value is -3.12. The Balaban J connectivity index is 1.78. The highest BCUT2D eigenvalue weighted by Gasteiger charge is 2.21. The van der Waals surface area contributed by atoms with E-state index in [9.17, 15) is 4.79 Å². The number of ether oxygens (including phenoxy) is 1. The fourth-order valence-corrected chi connectivity index (χ4v) is 3.58. The molecule has 152 valence electrons. The highest BCUT2D eigenvalue weighted by Crippen LogP contribution is 2.31. The van der Waals surface area contributed by atoms with Crippen LogP contribution in [-0.4, -0.2) is 32.5 Å². The van der Waals surface area contributed by atoms with E-state index in [0.29, 0.717) is 10.8 Å². The number of aromatic nitrogens is 3. The minimum Gasteiger partial charge on any atom is -0.443 e. The Kier molecular flexibility index (Phi) is 5.35. The van der Waals surface area contributed by atoms with Crippen LogP contribution in [0.3, 0.4) is 0 Å². The molecule has 0 spiro atoms. The molecule has 0 saturated heterocycles. The Morgan fingerprint density at radius 2 is 1.53 bits per heavy atom. The summed E-state index contributed by atoms with van der Waals surface area (Å²) in [6.07, 6.45) is 3.16. The van der Waals surface area contributed by atoms with Crippen molar-refractivity contribution in [3.63, 3.8) is 0 Å². The summed E-state index contributed by atoms with van der Waals surface area (Å²) < 4.78 is 6.98. The Labute approximate surface area is 180 Å². The van der Waals surface area contributed by atoms with Crippen LogP contribution in [0.15, 0.2) is 72.0 Å². The molecule has 4 aromatic rings. The first-order valence-electron chi connectivity index (χ1n) is 9.68. The number of carbonyl (C=O) groups is 1. The summed E-state index contributed by atoms with van der Waals surface area (Å²) in [6, 6.07) is 20.4. The monoisotopic (exact) mass is 417 g/mol. The van der Waals surface area contributed by atoms with E-state index in [-0.39, 0.29) is 0 Å². The van der Waals surface area contributed by atoms with Gasteiger partial charge in [-0.2, -0.15) is 0 Å². The van der Waals surface area contributed by atoms with Gasteiger partial charge in [0.1, 0.15) is 5.60 Å². The predicted molar refractivity (Wildman–Crippen MR) is 122 cm³/mol. The maximum absolute atomic E-state index is 12.7. The first-order valence-corrected chi connectivity index (χ1v) is 10.9. The maximum atomic E-state index is 12.7. The van der Waals surface area contributed by atoms with Crippen LogP contribution in [0.2, 0.25) is 0 Å². The van der Waals surface area contributed by atoms with Crippen LogP contribution in [0.4, 0.5) is 4.79 Å². The number of fused-ring (bicyclic) bond motifs is 1. The Morgan fingerprint density at radius 1 is 0.900 bits per heavy atom. The summed E-state index contributed by atoms with van der Waals surface area (Å²) in [6.45, 7) is 5.54. The van der Waals surface area contributed by atoms with E-state index in [4.69, 9.17) is 9.72 Å². The first-order chi connectivity index (χ1) is 14.4. The molecule has 0 amide bonds. The van der Waals surface area contributed by atoms with Crippen LogP contribution in [0.1, 0.15) is 20.8 Å². The van der Waals surface area contributed by atoms with Crippen molar-refractivity contribution < 1.29 is 9.53 Å². The summed E-state index contributed by atoms with van der Waals surface area (Å²) in [5.74, 6) is 0. The zero-order chi connectivity index (χ0) is 21.3. The molecule has 0 aliphatic carbocycles. The van der Waals surface area contributed by atoms with Gasteiger partial charge in [-0.1, -0.05) is 66.4 Å². The molecular formula is C24H23N3O2S. The highest BCUT2D eigenvalue weighted by atomic mass is 32.2. The lowest BCUT2D eigenvalue weighted by Crippen LogP contribution is -2.26. The van der Waals surface area contributed by atoms with Crippen molar-refractivity contribution in [3.8, 4) is 22.4 Å². The zero-order valence-electron chi connectivity index (χ0n) is 17.4. The summed E-state index contributed by atoms with van der Waals surface area (Å²) >= 11 is 1.44.